The van der Waals surface area contributed by atoms with Crippen LogP contribution in [0, 0.1) is 6.92 Å². The molecule has 1 heterocycles. The molecule has 4 heteroatoms. The predicted molar refractivity (Wildman–Crippen MR) is 49.6 cm³/mol. The molecule has 1 aromatic carbocycles. The number of aryl methyl sites for hydroxylation is 1. The zero-order valence-corrected chi connectivity index (χ0v) is 7.44. The summed E-state index contributed by atoms with van der Waals surface area (Å²) < 4.78 is 4.99. The number of carboxylic acids is 1. The highest BCUT2D eigenvalue weighted by Crippen LogP contribution is 2.30. The molecule has 2 aromatic rings. The van der Waals surface area contributed by atoms with Crippen molar-refractivity contribution in [2.24, 2.45) is 0 Å². The Morgan fingerprint density at radius 1 is 1.43 bits per heavy atom. The van der Waals surface area contributed by atoms with Gasteiger partial charge < -0.3 is 14.6 Å². The number of phenols is 1. The number of benzene rings is 1. The molecular weight excluding hydrogens is 184 g/mol. The van der Waals surface area contributed by atoms with Gasteiger partial charge in [-0.25, -0.2) is 4.79 Å². The second-order valence-corrected chi connectivity index (χ2v) is 3.06. The molecule has 0 saturated heterocycles. The molecule has 0 atom stereocenters. The lowest BCUT2D eigenvalue weighted by Gasteiger charge is -1.95. The Labute approximate surface area is 79.4 Å². The van der Waals surface area contributed by atoms with Crippen molar-refractivity contribution >= 4 is 16.9 Å². The van der Waals surface area contributed by atoms with Crippen LogP contribution in [0.2, 0.25) is 0 Å². The number of furan rings is 1. The molecule has 0 aliphatic carbocycles. The minimum absolute atomic E-state index is 0.0434. The Kier molecular flexibility index (Phi) is 1.70. The van der Waals surface area contributed by atoms with E-state index in [1.165, 1.54) is 12.1 Å². The maximum Gasteiger partial charge on any atom is 0.371 e. The normalized spacial score (nSPS) is 10.6. The van der Waals surface area contributed by atoms with Crippen LogP contribution >= 0.6 is 0 Å². The summed E-state index contributed by atoms with van der Waals surface area (Å²) in [4.78, 5) is 10.6. The van der Waals surface area contributed by atoms with Crippen molar-refractivity contribution < 1.29 is 19.4 Å². The van der Waals surface area contributed by atoms with Gasteiger partial charge in [0.25, 0.3) is 0 Å². The first kappa shape index (κ1) is 8.62. The minimum atomic E-state index is -1.14. The first-order valence-electron chi connectivity index (χ1n) is 4.05. The number of phenolic OH excluding ortho intramolecular Hbond substituents is 1. The van der Waals surface area contributed by atoms with Gasteiger partial charge in [0.05, 0.1) is 0 Å². The lowest BCUT2D eigenvalue weighted by molar-refractivity contribution is 0.0665. The average molecular weight is 192 g/mol. The van der Waals surface area contributed by atoms with Gasteiger partial charge in [0.15, 0.2) is 11.3 Å². The van der Waals surface area contributed by atoms with E-state index in [1.807, 2.05) is 6.92 Å². The zero-order chi connectivity index (χ0) is 10.3. The molecule has 2 N–H and O–H groups in total. The quantitative estimate of drug-likeness (QED) is 0.726. The van der Waals surface area contributed by atoms with Crippen molar-refractivity contribution in [1.29, 1.82) is 0 Å². The molecule has 0 amide bonds. The molecule has 1 aromatic heterocycles. The molecule has 14 heavy (non-hydrogen) atoms. The maximum atomic E-state index is 10.6. The molecule has 0 aliphatic rings. The maximum absolute atomic E-state index is 10.6. The Balaban J connectivity index is 2.82. The van der Waals surface area contributed by atoms with E-state index in [-0.39, 0.29) is 17.1 Å². The second kappa shape index (κ2) is 2.77. The van der Waals surface area contributed by atoms with Crippen LogP contribution in [0.15, 0.2) is 22.6 Å². The molecule has 2 rings (SSSR count). The van der Waals surface area contributed by atoms with Crippen LogP contribution in [0.5, 0.6) is 5.75 Å². The number of aromatic hydroxyl groups is 1. The summed E-state index contributed by atoms with van der Waals surface area (Å²) in [5, 5.41) is 18.7. The second-order valence-electron chi connectivity index (χ2n) is 3.06. The molecule has 0 bridgehead atoms. The van der Waals surface area contributed by atoms with Crippen LogP contribution in [-0.2, 0) is 0 Å². The summed E-state index contributed by atoms with van der Waals surface area (Å²) in [7, 11) is 0. The number of fused-ring (bicyclic) bond motifs is 1. The van der Waals surface area contributed by atoms with Gasteiger partial charge in [-0.05, 0) is 24.6 Å². The molecule has 0 saturated carbocycles. The molecule has 0 unspecified atom stereocenters. The van der Waals surface area contributed by atoms with Crippen molar-refractivity contribution in [2.45, 2.75) is 6.92 Å². The van der Waals surface area contributed by atoms with Crippen molar-refractivity contribution in [3.05, 3.63) is 29.5 Å². The van der Waals surface area contributed by atoms with E-state index in [9.17, 15) is 9.90 Å². The fraction of sp³-hybridized carbons (Fsp3) is 0.100. The highest BCUT2D eigenvalue weighted by Gasteiger charge is 2.14. The van der Waals surface area contributed by atoms with Gasteiger partial charge in [-0.2, -0.15) is 0 Å². The minimum Gasteiger partial charge on any atom is -0.504 e. The molecule has 0 spiro atoms. The van der Waals surface area contributed by atoms with Gasteiger partial charge in [0.2, 0.25) is 5.76 Å². The third-order valence-corrected chi connectivity index (χ3v) is 2.09. The van der Waals surface area contributed by atoms with Crippen molar-refractivity contribution in [3.63, 3.8) is 0 Å². The van der Waals surface area contributed by atoms with Crippen LogP contribution < -0.4 is 0 Å². The third kappa shape index (κ3) is 1.12. The predicted octanol–water partition coefficient (Wildman–Crippen LogP) is 2.15. The summed E-state index contributed by atoms with van der Waals surface area (Å²) >= 11 is 0. The Morgan fingerprint density at radius 3 is 2.71 bits per heavy atom. The van der Waals surface area contributed by atoms with E-state index >= 15 is 0 Å². The van der Waals surface area contributed by atoms with E-state index < -0.39 is 5.97 Å². The van der Waals surface area contributed by atoms with Gasteiger partial charge in [0, 0.05) is 5.39 Å². The summed E-state index contributed by atoms with van der Waals surface area (Å²) in [6, 6.07) is 4.60. The van der Waals surface area contributed by atoms with Crippen LogP contribution in [0.25, 0.3) is 11.0 Å². The van der Waals surface area contributed by atoms with Gasteiger partial charge in [0.1, 0.15) is 0 Å². The number of carbonyl (C=O) groups is 1. The van der Waals surface area contributed by atoms with Gasteiger partial charge in [-0.1, -0.05) is 6.07 Å². The molecule has 0 aliphatic heterocycles. The van der Waals surface area contributed by atoms with E-state index in [0.717, 1.165) is 5.56 Å². The van der Waals surface area contributed by atoms with Crippen molar-refractivity contribution in [2.75, 3.05) is 0 Å². The summed E-state index contributed by atoms with van der Waals surface area (Å²) in [5.41, 5.74) is 1.09. The lowest BCUT2D eigenvalue weighted by Crippen LogP contribution is -1.91. The smallest absolute Gasteiger partial charge is 0.371 e. The molecule has 0 fully saturated rings. The van der Waals surface area contributed by atoms with Crippen LogP contribution in [0.3, 0.4) is 0 Å². The molecule has 0 radical (unpaired) electrons. The van der Waals surface area contributed by atoms with E-state index in [0.29, 0.717) is 5.39 Å². The fourth-order valence-corrected chi connectivity index (χ4v) is 1.35. The Bertz CT molecular complexity index is 471. The topological polar surface area (TPSA) is 70.7 Å². The SMILES string of the molecule is Cc1ccc(O)c2oc(C(=O)O)cc12. The highest BCUT2D eigenvalue weighted by molar-refractivity contribution is 5.94. The average Bonchev–Trinajstić information content (AvgIpc) is 2.57. The van der Waals surface area contributed by atoms with Gasteiger partial charge in [-0.15, -0.1) is 0 Å². The molecular formula is C10H8O4. The Hall–Kier alpha value is -1.97. The number of carboxylic acid groups (broad SMARTS) is 1. The van der Waals surface area contributed by atoms with Crippen LogP contribution in [0.4, 0.5) is 0 Å². The molecule has 4 nitrogen and oxygen atoms in total. The van der Waals surface area contributed by atoms with E-state index in [2.05, 4.69) is 0 Å². The third-order valence-electron chi connectivity index (χ3n) is 2.09. The van der Waals surface area contributed by atoms with Crippen molar-refractivity contribution in [3.8, 4) is 5.75 Å². The standard InChI is InChI=1S/C10H8O4/c1-5-2-3-7(11)9-6(5)4-8(14-9)10(12)13/h2-4,11H,1H3,(H,12,13). The number of aromatic carboxylic acids is 1. The zero-order valence-electron chi connectivity index (χ0n) is 7.44. The number of rotatable bonds is 1. The summed E-state index contributed by atoms with van der Waals surface area (Å²) in [5.74, 6) is -1.34. The van der Waals surface area contributed by atoms with Gasteiger partial charge >= 0.3 is 5.97 Å². The van der Waals surface area contributed by atoms with E-state index in [4.69, 9.17) is 9.52 Å². The monoisotopic (exact) mass is 192 g/mol. The first-order chi connectivity index (χ1) is 6.59. The largest absolute Gasteiger partial charge is 0.504 e. The van der Waals surface area contributed by atoms with Crippen LogP contribution in [0.1, 0.15) is 16.1 Å². The van der Waals surface area contributed by atoms with E-state index in [1.54, 1.807) is 6.07 Å². The fourth-order valence-electron chi connectivity index (χ4n) is 1.35. The van der Waals surface area contributed by atoms with Crippen molar-refractivity contribution in [1.82, 2.24) is 0 Å². The Morgan fingerprint density at radius 2 is 2.14 bits per heavy atom. The number of hydrogen-bond donors (Lipinski definition) is 2. The van der Waals surface area contributed by atoms with Gasteiger partial charge in [-0.3, -0.25) is 0 Å². The van der Waals surface area contributed by atoms with Crippen LogP contribution in [-0.4, -0.2) is 16.2 Å². The number of hydrogen-bond acceptors (Lipinski definition) is 3. The summed E-state index contributed by atoms with van der Waals surface area (Å²) in [6.07, 6.45) is 0. The first-order valence-corrected chi connectivity index (χ1v) is 4.05. The summed E-state index contributed by atoms with van der Waals surface area (Å²) in [6.45, 7) is 1.82. The highest BCUT2D eigenvalue weighted by atomic mass is 16.4. The lowest BCUT2D eigenvalue weighted by atomic mass is 10.1. The molecule has 72 valence electrons.